The third-order valence-electron chi connectivity index (χ3n) is 4.64. The van der Waals surface area contributed by atoms with Crippen LogP contribution >= 0.6 is 0 Å². The maximum absolute atomic E-state index is 12.2. The van der Waals surface area contributed by atoms with Crippen LogP contribution in [0.1, 0.15) is 67.2 Å². The predicted octanol–water partition coefficient (Wildman–Crippen LogP) is 3.24. The summed E-state index contributed by atoms with van der Waals surface area (Å²) in [7, 11) is 0. The van der Waals surface area contributed by atoms with Crippen molar-refractivity contribution in [2.45, 2.75) is 52.0 Å². The number of H-pyrrole nitrogens is 1. The van der Waals surface area contributed by atoms with Crippen molar-refractivity contribution in [3.05, 3.63) is 41.3 Å². The molecule has 6 heteroatoms. The molecule has 1 fully saturated rings. The van der Waals surface area contributed by atoms with Crippen molar-refractivity contribution in [1.82, 2.24) is 20.5 Å². The molecule has 0 bridgehead atoms. The van der Waals surface area contributed by atoms with E-state index >= 15 is 0 Å². The number of nitrogens with one attached hydrogen (secondary N) is 2. The smallest absolute Gasteiger partial charge is 0.272 e. The molecule has 2 aromatic heterocycles. The Morgan fingerprint density at radius 2 is 2.00 bits per heavy atom. The largest absolute Gasteiger partial charge is 0.357 e. The first kappa shape index (κ1) is 17.5. The molecule has 0 saturated carbocycles. The van der Waals surface area contributed by atoms with Crippen LogP contribution in [0.3, 0.4) is 0 Å². The molecule has 1 amide bonds. The Morgan fingerprint density at radius 3 is 2.60 bits per heavy atom. The van der Waals surface area contributed by atoms with Crippen LogP contribution in [0, 0.1) is 0 Å². The van der Waals surface area contributed by atoms with Gasteiger partial charge < -0.3 is 10.2 Å². The third kappa shape index (κ3) is 4.59. The molecule has 2 aromatic rings. The SMILES string of the molecule is CC(C)c1cc(C(=O)NCc2ccc(N3CCCCCC3)nc2)n[nH]1. The average molecular weight is 341 g/mol. The number of rotatable bonds is 5. The fourth-order valence-electron chi connectivity index (χ4n) is 3.03. The highest BCUT2D eigenvalue weighted by molar-refractivity contribution is 5.92. The minimum Gasteiger partial charge on any atom is -0.357 e. The molecule has 1 saturated heterocycles. The molecular formula is C19H27N5O. The van der Waals surface area contributed by atoms with Gasteiger partial charge in [-0.25, -0.2) is 4.98 Å². The number of carbonyl (C=O) groups is 1. The molecule has 3 heterocycles. The Balaban J connectivity index is 1.55. The van der Waals surface area contributed by atoms with Gasteiger partial charge in [-0.2, -0.15) is 5.10 Å². The van der Waals surface area contributed by atoms with Crippen molar-refractivity contribution in [3.63, 3.8) is 0 Å². The van der Waals surface area contributed by atoms with Gasteiger partial charge in [0.2, 0.25) is 0 Å². The fourth-order valence-corrected chi connectivity index (χ4v) is 3.03. The van der Waals surface area contributed by atoms with E-state index in [1.165, 1.54) is 25.7 Å². The van der Waals surface area contributed by atoms with E-state index in [-0.39, 0.29) is 5.91 Å². The predicted molar refractivity (Wildman–Crippen MR) is 98.8 cm³/mol. The minimum atomic E-state index is -0.167. The monoisotopic (exact) mass is 341 g/mol. The maximum atomic E-state index is 12.2. The summed E-state index contributed by atoms with van der Waals surface area (Å²) in [5.74, 6) is 1.19. The van der Waals surface area contributed by atoms with E-state index in [1.54, 1.807) is 6.07 Å². The molecule has 6 nitrogen and oxygen atoms in total. The molecule has 0 radical (unpaired) electrons. The van der Waals surface area contributed by atoms with Gasteiger partial charge in [-0.3, -0.25) is 9.89 Å². The molecule has 134 valence electrons. The summed E-state index contributed by atoms with van der Waals surface area (Å²) < 4.78 is 0. The first-order chi connectivity index (χ1) is 12.1. The number of nitrogens with zero attached hydrogens (tertiary/aromatic N) is 3. The van der Waals surface area contributed by atoms with Crippen LogP contribution in [0.15, 0.2) is 24.4 Å². The van der Waals surface area contributed by atoms with Crippen LogP contribution in [-0.2, 0) is 6.54 Å². The lowest BCUT2D eigenvalue weighted by atomic mass is 10.1. The minimum absolute atomic E-state index is 0.167. The van der Waals surface area contributed by atoms with Crippen LogP contribution in [0.4, 0.5) is 5.82 Å². The van der Waals surface area contributed by atoms with E-state index in [0.29, 0.717) is 18.2 Å². The van der Waals surface area contributed by atoms with Gasteiger partial charge in [0.25, 0.3) is 5.91 Å². The van der Waals surface area contributed by atoms with E-state index < -0.39 is 0 Å². The highest BCUT2D eigenvalue weighted by Gasteiger charge is 2.13. The molecule has 1 aliphatic heterocycles. The van der Waals surface area contributed by atoms with E-state index in [2.05, 4.69) is 45.3 Å². The van der Waals surface area contributed by atoms with Gasteiger partial charge in [0.1, 0.15) is 11.5 Å². The Labute approximate surface area is 149 Å². The second kappa shape index (κ2) is 8.14. The van der Waals surface area contributed by atoms with Crippen LogP contribution in [-0.4, -0.2) is 34.2 Å². The van der Waals surface area contributed by atoms with E-state index in [0.717, 1.165) is 30.2 Å². The number of anilines is 1. The molecular weight excluding hydrogens is 314 g/mol. The lowest BCUT2D eigenvalue weighted by Gasteiger charge is -2.21. The lowest BCUT2D eigenvalue weighted by molar-refractivity contribution is 0.0946. The number of aromatic amines is 1. The van der Waals surface area contributed by atoms with Crippen molar-refractivity contribution in [2.75, 3.05) is 18.0 Å². The number of carbonyl (C=O) groups excluding carboxylic acids is 1. The van der Waals surface area contributed by atoms with Gasteiger partial charge in [-0.05, 0) is 36.5 Å². The van der Waals surface area contributed by atoms with Gasteiger partial charge in [0.15, 0.2) is 0 Å². The second-order valence-electron chi connectivity index (χ2n) is 6.97. The summed E-state index contributed by atoms with van der Waals surface area (Å²) in [6.07, 6.45) is 6.95. The van der Waals surface area contributed by atoms with Crippen LogP contribution in [0.5, 0.6) is 0 Å². The zero-order valence-electron chi connectivity index (χ0n) is 15.1. The molecule has 0 unspecified atom stereocenters. The summed E-state index contributed by atoms with van der Waals surface area (Å²) in [6, 6.07) is 5.90. The Kier molecular flexibility index (Phi) is 5.68. The summed E-state index contributed by atoms with van der Waals surface area (Å²) in [5, 5.41) is 9.88. The van der Waals surface area contributed by atoms with Gasteiger partial charge >= 0.3 is 0 Å². The Morgan fingerprint density at radius 1 is 1.24 bits per heavy atom. The molecule has 25 heavy (non-hydrogen) atoms. The molecule has 2 N–H and O–H groups in total. The fraction of sp³-hybridized carbons (Fsp3) is 0.526. The molecule has 1 aliphatic rings. The average Bonchev–Trinajstić information content (AvgIpc) is 2.97. The van der Waals surface area contributed by atoms with E-state index in [9.17, 15) is 4.79 Å². The topological polar surface area (TPSA) is 73.9 Å². The number of aromatic nitrogens is 3. The van der Waals surface area contributed by atoms with E-state index in [1.807, 2.05) is 12.3 Å². The van der Waals surface area contributed by atoms with Crippen molar-refractivity contribution in [3.8, 4) is 0 Å². The van der Waals surface area contributed by atoms with Gasteiger partial charge in [-0.1, -0.05) is 32.8 Å². The number of pyridine rings is 1. The van der Waals surface area contributed by atoms with Crippen molar-refractivity contribution < 1.29 is 4.79 Å². The number of amides is 1. The molecule has 0 atom stereocenters. The Hall–Kier alpha value is -2.37. The Bertz CT molecular complexity index is 684. The van der Waals surface area contributed by atoms with Crippen LogP contribution in [0.25, 0.3) is 0 Å². The zero-order chi connectivity index (χ0) is 17.6. The normalized spacial score (nSPS) is 15.2. The quantitative estimate of drug-likeness (QED) is 0.875. The number of hydrogen-bond donors (Lipinski definition) is 2. The number of hydrogen-bond acceptors (Lipinski definition) is 4. The highest BCUT2D eigenvalue weighted by Crippen LogP contribution is 2.17. The maximum Gasteiger partial charge on any atom is 0.272 e. The summed E-state index contributed by atoms with van der Waals surface area (Å²) >= 11 is 0. The van der Waals surface area contributed by atoms with Crippen LogP contribution < -0.4 is 10.2 Å². The lowest BCUT2D eigenvalue weighted by Crippen LogP contribution is -2.25. The highest BCUT2D eigenvalue weighted by atomic mass is 16.1. The van der Waals surface area contributed by atoms with E-state index in [4.69, 9.17) is 0 Å². The van der Waals surface area contributed by atoms with Crippen molar-refractivity contribution in [1.29, 1.82) is 0 Å². The third-order valence-corrected chi connectivity index (χ3v) is 4.64. The molecule has 0 aliphatic carbocycles. The van der Waals surface area contributed by atoms with Crippen molar-refractivity contribution >= 4 is 11.7 Å². The van der Waals surface area contributed by atoms with Gasteiger partial charge in [0.05, 0.1) is 0 Å². The summed E-state index contributed by atoms with van der Waals surface area (Å²) in [6.45, 7) is 6.75. The zero-order valence-corrected chi connectivity index (χ0v) is 15.1. The first-order valence-electron chi connectivity index (χ1n) is 9.17. The first-order valence-corrected chi connectivity index (χ1v) is 9.17. The standard InChI is InChI=1S/C19H27N5O/c1-14(2)16-11-17(23-22-16)19(25)21-13-15-7-8-18(20-12-15)24-9-5-3-4-6-10-24/h7-8,11-12,14H,3-6,9-10,13H2,1-2H3,(H,21,25)(H,22,23). The molecule has 3 rings (SSSR count). The van der Waals surface area contributed by atoms with Gasteiger partial charge in [0, 0.05) is 31.5 Å². The van der Waals surface area contributed by atoms with Crippen LogP contribution in [0.2, 0.25) is 0 Å². The molecule has 0 aromatic carbocycles. The van der Waals surface area contributed by atoms with Crippen molar-refractivity contribution in [2.24, 2.45) is 0 Å². The summed E-state index contributed by atoms with van der Waals surface area (Å²) in [5.41, 5.74) is 2.39. The molecule has 0 spiro atoms. The summed E-state index contributed by atoms with van der Waals surface area (Å²) in [4.78, 5) is 19.1. The van der Waals surface area contributed by atoms with Gasteiger partial charge in [-0.15, -0.1) is 0 Å². The second-order valence-corrected chi connectivity index (χ2v) is 6.97.